The van der Waals surface area contributed by atoms with Gasteiger partial charge in [-0.05, 0) is 42.8 Å². The van der Waals surface area contributed by atoms with Crippen LogP contribution >= 0.6 is 0 Å². The van der Waals surface area contributed by atoms with E-state index in [-0.39, 0.29) is 5.82 Å². The molecule has 2 N–H and O–H groups in total. The van der Waals surface area contributed by atoms with E-state index in [0.29, 0.717) is 18.2 Å². The number of pyridine rings is 1. The van der Waals surface area contributed by atoms with Crippen LogP contribution < -0.4 is 10.5 Å². The van der Waals surface area contributed by atoms with Crippen molar-refractivity contribution < 1.29 is 9.13 Å². The predicted molar refractivity (Wildman–Crippen MR) is 81.6 cm³/mol. The van der Waals surface area contributed by atoms with Crippen LogP contribution in [0.5, 0.6) is 5.75 Å². The molecule has 1 heterocycles. The molecule has 1 aromatic heterocycles. The van der Waals surface area contributed by atoms with Gasteiger partial charge in [0, 0.05) is 10.9 Å². The SMILES string of the molecule is Cc1cc(F)ccc1OCc1cc2ccccc2nc1N. The summed E-state index contributed by atoms with van der Waals surface area (Å²) in [5.74, 6) is 0.823. The summed E-state index contributed by atoms with van der Waals surface area (Å²) in [5.41, 5.74) is 8.39. The van der Waals surface area contributed by atoms with Gasteiger partial charge in [-0.25, -0.2) is 9.37 Å². The standard InChI is InChI=1S/C17H15FN2O/c1-11-8-14(18)6-7-16(11)21-10-13-9-12-4-2-3-5-15(12)20-17(13)19/h2-9H,10H2,1H3,(H2,19,20). The first-order valence-corrected chi connectivity index (χ1v) is 6.66. The first kappa shape index (κ1) is 13.4. The van der Waals surface area contributed by atoms with Crippen molar-refractivity contribution in [2.75, 3.05) is 5.73 Å². The van der Waals surface area contributed by atoms with Crippen molar-refractivity contribution in [2.24, 2.45) is 0 Å². The van der Waals surface area contributed by atoms with Gasteiger partial charge in [-0.15, -0.1) is 0 Å². The van der Waals surface area contributed by atoms with Crippen LogP contribution in [0.1, 0.15) is 11.1 Å². The van der Waals surface area contributed by atoms with E-state index in [0.717, 1.165) is 22.0 Å². The van der Waals surface area contributed by atoms with E-state index >= 15 is 0 Å². The number of anilines is 1. The zero-order valence-electron chi connectivity index (χ0n) is 11.6. The highest BCUT2D eigenvalue weighted by molar-refractivity contribution is 5.81. The van der Waals surface area contributed by atoms with Crippen LogP contribution in [0.4, 0.5) is 10.2 Å². The molecule has 0 saturated heterocycles. The van der Waals surface area contributed by atoms with Gasteiger partial charge in [0.05, 0.1) is 5.52 Å². The number of ether oxygens (including phenoxy) is 1. The molecule has 0 aliphatic carbocycles. The third kappa shape index (κ3) is 2.79. The first-order chi connectivity index (χ1) is 10.1. The average molecular weight is 282 g/mol. The number of fused-ring (bicyclic) bond motifs is 1. The number of halogens is 1. The molecule has 4 heteroatoms. The molecular formula is C17H15FN2O. The number of aromatic nitrogens is 1. The summed E-state index contributed by atoms with van der Waals surface area (Å²) in [4.78, 5) is 4.36. The van der Waals surface area contributed by atoms with Crippen molar-refractivity contribution in [3.05, 3.63) is 65.5 Å². The van der Waals surface area contributed by atoms with Crippen molar-refractivity contribution in [1.29, 1.82) is 0 Å². The Morgan fingerprint density at radius 2 is 1.95 bits per heavy atom. The number of hydrogen-bond donors (Lipinski definition) is 1. The van der Waals surface area contributed by atoms with Crippen molar-refractivity contribution in [1.82, 2.24) is 4.98 Å². The summed E-state index contributed by atoms with van der Waals surface area (Å²) in [6, 6.07) is 14.2. The van der Waals surface area contributed by atoms with Crippen molar-refractivity contribution in [2.45, 2.75) is 13.5 Å². The molecule has 0 atom stereocenters. The highest BCUT2D eigenvalue weighted by Crippen LogP contribution is 2.23. The minimum Gasteiger partial charge on any atom is -0.488 e. The smallest absolute Gasteiger partial charge is 0.130 e. The summed E-state index contributed by atoms with van der Waals surface area (Å²) in [6.45, 7) is 2.11. The fraction of sp³-hybridized carbons (Fsp3) is 0.118. The van der Waals surface area contributed by atoms with E-state index in [2.05, 4.69) is 4.98 Å². The second-order valence-corrected chi connectivity index (χ2v) is 4.92. The van der Waals surface area contributed by atoms with E-state index in [1.165, 1.54) is 12.1 Å². The summed E-state index contributed by atoms with van der Waals surface area (Å²) in [5, 5.41) is 1.01. The number of para-hydroxylation sites is 1. The van der Waals surface area contributed by atoms with E-state index in [9.17, 15) is 4.39 Å². The van der Waals surface area contributed by atoms with Crippen molar-refractivity contribution in [3.8, 4) is 5.75 Å². The third-order valence-corrected chi connectivity index (χ3v) is 3.36. The molecule has 3 aromatic rings. The van der Waals surface area contributed by atoms with Gasteiger partial charge in [0.1, 0.15) is 24.0 Å². The van der Waals surface area contributed by atoms with Gasteiger partial charge in [0.15, 0.2) is 0 Å². The van der Waals surface area contributed by atoms with Gasteiger partial charge in [-0.3, -0.25) is 0 Å². The van der Waals surface area contributed by atoms with Crippen LogP contribution in [0.3, 0.4) is 0 Å². The number of nitrogens with two attached hydrogens (primary N) is 1. The Hall–Kier alpha value is -2.62. The lowest BCUT2D eigenvalue weighted by Crippen LogP contribution is -2.03. The van der Waals surface area contributed by atoms with Crippen molar-refractivity contribution >= 4 is 16.7 Å². The minimum atomic E-state index is -0.272. The number of hydrogen-bond acceptors (Lipinski definition) is 3. The quantitative estimate of drug-likeness (QED) is 0.794. The Morgan fingerprint density at radius 1 is 1.14 bits per heavy atom. The largest absolute Gasteiger partial charge is 0.488 e. The molecule has 0 fully saturated rings. The van der Waals surface area contributed by atoms with Crippen LogP contribution in [0, 0.1) is 12.7 Å². The molecule has 3 nitrogen and oxygen atoms in total. The Balaban J connectivity index is 1.86. The summed E-state index contributed by atoms with van der Waals surface area (Å²) in [6.07, 6.45) is 0. The number of aryl methyl sites for hydroxylation is 1. The molecule has 0 bridgehead atoms. The topological polar surface area (TPSA) is 48.1 Å². The second-order valence-electron chi connectivity index (χ2n) is 4.92. The molecule has 0 unspecified atom stereocenters. The molecule has 0 radical (unpaired) electrons. The van der Waals surface area contributed by atoms with Gasteiger partial charge in [0.25, 0.3) is 0 Å². The van der Waals surface area contributed by atoms with Gasteiger partial charge < -0.3 is 10.5 Å². The molecule has 0 saturated carbocycles. The molecular weight excluding hydrogens is 267 g/mol. The van der Waals surface area contributed by atoms with E-state index in [1.54, 1.807) is 13.0 Å². The number of benzene rings is 2. The maximum Gasteiger partial charge on any atom is 0.130 e. The molecule has 106 valence electrons. The minimum absolute atomic E-state index is 0.272. The van der Waals surface area contributed by atoms with Gasteiger partial charge in [0.2, 0.25) is 0 Å². The maximum atomic E-state index is 13.1. The molecule has 3 rings (SSSR count). The van der Waals surface area contributed by atoms with Crippen LogP contribution in [0.2, 0.25) is 0 Å². The second kappa shape index (κ2) is 5.40. The molecule has 0 spiro atoms. The monoisotopic (exact) mass is 282 g/mol. The molecule has 0 aliphatic rings. The summed E-state index contributed by atoms with van der Waals surface area (Å²) in [7, 11) is 0. The van der Waals surface area contributed by atoms with E-state index in [4.69, 9.17) is 10.5 Å². The van der Waals surface area contributed by atoms with E-state index < -0.39 is 0 Å². The van der Waals surface area contributed by atoms with Crippen LogP contribution in [0.15, 0.2) is 48.5 Å². The summed E-state index contributed by atoms with van der Waals surface area (Å²) >= 11 is 0. The lowest BCUT2D eigenvalue weighted by molar-refractivity contribution is 0.304. The third-order valence-electron chi connectivity index (χ3n) is 3.36. The highest BCUT2D eigenvalue weighted by atomic mass is 19.1. The molecule has 0 amide bonds. The highest BCUT2D eigenvalue weighted by Gasteiger charge is 2.06. The van der Waals surface area contributed by atoms with Gasteiger partial charge >= 0.3 is 0 Å². The number of nitrogens with zero attached hydrogens (tertiary/aromatic N) is 1. The zero-order valence-corrected chi connectivity index (χ0v) is 11.6. The van der Waals surface area contributed by atoms with Crippen molar-refractivity contribution in [3.63, 3.8) is 0 Å². The fourth-order valence-corrected chi connectivity index (χ4v) is 2.22. The predicted octanol–water partition coefficient (Wildman–Crippen LogP) is 3.84. The van der Waals surface area contributed by atoms with Gasteiger partial charge in [-0.2, -0.15) is 0 Å². The molecule has 21 heavy (non-hydrogen) atoms. The van der Waals surface area contributed by atoms with Crippen LogP contribution in [0.25, 0.3) is 10.9 Å². The Bertz CT molecular complexity index is 802. The number of nitrogen functional groups attached to an aromatic ring is 1. The molecule has 0 aliphatic heterocycles. The lowest BCUT2D eigenvalue weighted by atomic mass is 10.1. The average Bonchev–Trinajstić information content (AvgIpc) is 2.46. The normalized spacial score (nSPS) is 10.8. The van der Waals surface area contributed by atoms with Crippen LogP contribution in [-0.4, -0.2) is 4.98 Å². The van der Waals surface area contributed by atoms with E-state index in [1.807, 2.05) is 30.3 Å². The Labute approximate surface area is 122 Å². The Morgan fingerprint density at radius 3 is 2.76 bits per heavy atom. The van der Waals surface area contributed by atoms with Gasteiger partial charge in [-0.1, -0.05) is 18.2 Å². The number of rotatable bonds is 3. The Kier molecular flexibility index (Phi) is 3.44. The molecule has 2 aromatic carbocycles. The lowest BCUT2D eigenvalue weighted by Gasteiger charge is -2.11. The van der Waals surface area contributed by atoms with Crippen LogP contribution in [-0.2, 0) is 6.61 Å². The zero-order chi connectivity index (χ0) is 14.8. The summed E-state index contributed by atoms with van der Waals surface area (Å²) < 4.78 is 18.8. The fourth-order valence-electron chi connectivity index (χ4n) is 2.22. The maximum absolute atomic E-state index is 13.1. The first-order valence-electron chi connectivity index (χ1n) is 6.66.